The number of nitrogens with two attached hydrogens (primary N) is 1. The lowest BCUT2D eigenvalue weighted by atomic mass is 10.1. The van der Waals surface area contributed by atoms with E-state index in [2.05, 4.69) is 32.1 Å². The van der Waals surface area contributed by atoms with Crippen LogP contribution in [0, 0.1) is 0 Å². The lowest BCUT2D eigenvalue weighted by molar-refractivity contribution is -0.143. The molecule has 1 aromatic heterocycles. The number of para-hydroxylation sites is 1. The maximum atomic E-state index is 12.5. The smallest absolute Gasteiger partial charge is 0.251 e. The Labute approximate surface area is 170 Å². The largest absolute Gasteiger partial charge is 0.368 e. The summed E-state index contributed by atoms with van der Waals surface area (Å²) in [6, 6.07) is 9.67. The topological polar surface area (TPSA) is 109 Å². The number of aromatic nitrogens is 3. The number of nitrogens with one attached hydrogen (secondary N) is 1. The van der Waals surface area contributed by atoms with Gasteiger partial charge in [-0.15, -0.1) is 0 Å². The highest BCUT2D eigenvalue weighted by atomic mass is 16.5. The molecule has 4 rings (SSSR count). The molecule has 9 nitrogen and oxygen atoms in total. The van der Waals surface area contributed by atoms with E-state index in [4.69, 9.17) is 10.5 Å². The molecule has 3 N–H and O–H groups in total. The lowest BCUT2D eigenvalue weighted by Gasteiger charge is -2.38. The van der Waals surface area contributed by atoms with Gasteiger partial charge >= 0.3 is 0 Å². The zero-order valence-electron chi connectivity index (χ0n) is 16.6. The van der Waals surface area contributed by atoms with Gasteiger partial charge in [0.25, 0.3) is 5.91 Å². The van der Waals surface area contributed by atoms with Crippen LogP contribution in [0.25, 0.3) is 0 Å². The fourth-order valence-electron chi connectivity index (χ4n) is 3.77. The van der Waals surface area contributed by atoms with Crippen LogP contribution in [-0.4, -0.2) is 69.5 Å². The molecule has 29 heavy (non-hydrogen) atoms. The molecule has 3 heterocycles. The van der Waals surface area contributed by atoms with E-state index in [1.54, 1.807) is 0 Å². The summed E-state index contributed by atoms with van der Waals surface area (Å²) >= 11 is 0. The Kier molecular flexibility index (Phi) is 5.86. The summed E-state index contributed by atoms with van der Waals surface area (Å²) < 4.78 is 5.53. The van der Waals surface area contributed by atoms with Crippen molar-refractivity contribution < 1.29 is 9.53 Å². The van der Waals surface area contributed by atoms with Gasteiger partial charge in [-0.1, -0.05) is 18.2 Å². The van der Waals surface area contributed by atoms with Gasteiger partial charge in [0.1, 0.15) is 6.10 Å². The van der Waals surface area contributed by atoms with Crippen LogP contribution in [0.1, 0.15) is 31.6 Å². The number of carbonyl (C=O) groups excluding carboxylic acids is 1. The van der Waals surface area contributed by atoms with Gasteiger partial charge in [-0.05, 0) is 31.9 Å². The number of nitrogen functional groups attached to an aromatic ring is 1. The number of nitrogens with zero attached hydrogens (tertiary/aromatic N) is 5. The van der Waals surface area contributed by atoms with E-state index in [0.717, 1.165) is 31.6 Å². The fraction of sp³-hybridized carbons (Fsp3) is 0.500. The summed E-state index contributed by atoms with van der Waals surface area (Å²) in [6.45, 7) is 5.61. The molecule has 0 aliphatic carbocycles. The molecule has 1 aromatic carbocycles. The molecular weight excluding hydrogens is 370 g/mol. The van der Waals surface area contributed by atoms with Crippen molar-refractivity contribution in [3.63, 3.8) is 0 Å². The molecule has 0 unspecified atom stereocenters. The first-order chi connectivity index (χ1) is 14.1. The standard InChI is InChI=1S/C20H27N7O2/c1-14(26-9-11-27(12-10-26)18(28)16-8-5-13-29-16)17-23-19(21)25-20(24-17)22-15-6-3-2-4-7-15/h2-4,6-7,14,16H,5,8-13H2,1H3,(H3,21,22,23,24,25)/t14-,16+/m0/s1. The first-order valence-corrected chi connectivity index (χ1v) is 10.1. The first-order valence-electron chi connectivity index (χ1n) is 10.1. The summed E-state index contributed by atoms with van der Waals surface area (Å²) in [6.07, 6.45) is 1.54. The molecule has 1 amide bonds. The molecule has 2 aliphatic rings. The molecule has 2 fully saturated rings. The predicted octanol–water partition coefficient (Wildman–Crippen LogP) is 1.58. The number of piperazine rings is 1. The Bertz CT molecular complexity index is 834. The van der Waals surface area contributed by atoms with Crippen molar-refractivity contribution in [2.45, 2.75) is 31.9 Å². The second-order valence-electron chi connectivity index (χ2n) is 7.41. The van der Waals surface area contributed by atoms with Gasteiger partial charge in [-0.25, -0.2) is 0 Å². The van der Waals surface area contributed by atoms with Gasteiger partial charge in [-0.3, -0.25) is 9.69 Å². The summed E-state index contributed by atoms with van der Waals surface area (Å²) in [5.74, 6) is 1.36. The number of hydrogen-bond acceptors (Lipinski definition) is 8. The van der Waals surface area contributed by atoms with Crippen molar-refractivity contribution in [2.24, 2.45) is 0 Å². The Morgan fingerprint density at radius 2 is 1.93 bits per heavy atom. The van der Waals surface area contributed by atoms with Crippen LogP contribution in [0.4, 0.5) is 17.6 Å². The molecule has 2 atom stereocenters. The van der Waals surface area contributed by atoms with Gasteiger partial charge in [0.15, 0.2) is 5.82 Å². The molecule has 0 bridgehead atoms. The van der Waals surface area contributed by atoms with Crippen molar-refractivity contribution in [3.05, 3.63) is 36.2 Å². The zero-order chi connectivity index (χ0) is 20.2. The fourth-order valence-corrected chi connectivity index (χ4v) is 3.77. The minimum Gasteiger partial charge on any atom is -0.368 e. The van der Waals surface area contributed by atoms with Gasteiger partial charge in [0.2, 0.25) is 11.9 Å². The number of hydrogen-bond donors (Lipinski definition) is 2. The second kappa shape index (κ2) is 8.71. The van der Waals surface area contributed by atoms with E-state index in [-0.39, 0.29) is 24.0 Å². The van der Waals surface area contributed by atoms with E-state index < -0.39 is 0 Å². The highest BCUT2D eigenvalue weighted by Gasteiger charge is 2.32. The molecule has 154 valence electrons. The molecule has 9 heteroatoms. The van der Waals surface area contributed by atoms with Crippen molar-refractivity contribution in [3.8, 4) is 0 Å². The second-order valence-corrected chi connectivity index (χ2v) is 7.41. The van der Waals surface area contributed by atoms with Crippen LogP contribution in [0.15, 0.2) is 30.3 Å². The number of anilines is 3. The third-order valence-electron chi connectivity index (χ3n) is 5.45. The number of amides is 1. The maximum Gasteiger partial charge on any atom is 0.251 e. The van der Waals surface area contributed by atoms with Crippen molar-refractivity contribution in [1.29, 1.82) is 0 Å². The van der Waals surface area contributed by atoms with E-state index in [1.807, 2.05) is 35.2 Å². The van der Waals surface area contributed by atoms with Crippen LogP contribution < -0.4 is 11.1 Å². The summed E-state index contributed by atoms with van der Waals surface area (Å²) in [5.41, 5.74) is 6.81. The highest BCUT2D eigenvalue weighted by molar-refractivity contribution is 5.81. The Balaban J connectivity index is 1.39. The quantitative estimate of drug-likeness (QED) is 0.783. The SMILES string of the molecule is C[C@@H](c1nc(N)nc(Nc2ccccc2)n1)N1CCN(C(=O)[C@H]2CCCO2)CC1. The van der Waals surface area contributed by atoms with Crippen molar-refractivity contribution in [1.82, 2.24) is 24.8 Å². The molecule has 0 spiro atoms. The lowest BCUT2D eigenvalue weighted by Crippen LogP contribution is -2.51. The van der Waals surface area contributed by atoms with Gasteiger partial charge < -0.3 is 20.7 Å². The number of rotatable bonds is 5. The monoisotopic (exact) mass is 397 g/mol. The van der Waals surface area contributed by atoms with Gasteiger partial charge in [-0.2, -0.15) is 15.0 Å². The van der Waals surface area contributed by atoms with Gasteiger partial charge in [0.05, 0.1) is 6.04 Å². The van der Waals surface area contributed by atoms with Gasteiger partial charge in [0, 0.05) is 38.5 Å². The van der Waals surface area contributed by atoms with Crippen LogP contribution in [0.2, 0.25) is 0 Å². The number of carbonyl (C=O) groups is 1. The minimum absolute atomic E-state index is 0.0309. The van der Waals surface area contributed by atoms with E-state index in [9.17, 15) is 4.79 Å². The van der Waals surface area contributed by atoms with Crippen LogP contribution in [0.5, 0.6) is 0 Å². The first kappa shape index (κ1) is 19.5. The summed E-state index contributed by atoms with van der Waals surface area (Å²) in [7, 11) is 0. The zero-order valence-corrected chi connectivity index (χ0v) is 16.6. The minimum atomic E-state index is -0.256. The predicted molar refractivity (Wildman–Crippen MR) is 110 cm³/mol. The molecule has 0 saturated carbocycles. The molecule has 2 aromatic rings. The molecular formula is C20H27N7O2. The Hall–Kier alpha value is -2.78. The third kappa shape index (κ3) is 4.63. The average molecular weight is 397 g/mol. The molecule has 2 aliphatic heterocycles. The number of ether oxygens (including phenoxy) is 1. The Morgan fingerprint density at radius 1 is 1.17 bits per heavy atom. The van der Waals surface area contributed by atoms with E-state index in [1.165, 1.54) is 0 Å². The normalized spacial score (nSPS) is 21.1. The van der Waals surface area contributed by atoms with Crippen molar-refractivity contribution >= 4 is 23.5 Å². The Morgan fingerprint density at radius 3 is 2.62 bits per heavy atom. The van der Waals surface area contributed by atoms with Crippen LogP contribution in [-0.2, 0) is 9.53 Å². The summed E-state index contributed by atoms with van der Waals surface area (Å²) in [5, 5.41) is 3.17. The molecule has 0 radical (unpaired) electrons. The van der Waals surface area contributed by atoms with Crippen molar-refractivity contribution in [2.75, 3.05) is 43.8 Å². The van der Waals surface area contributed by atoms with E-state index in [0.29, 0.717) is 31.5 Å². The van der Waals surface area contributed by atoms with Crippen LogP contribution in [0.3, 0.4) is 0 Å². The molecule has 2 saturated heterocycles. The van der Waals surface area contributed by atoms with E-state index >= 15 is 0 Å². The highest BCUT2D eigenvalue weighted by Crippen LogP contribution is 2.22. The summed E-state index contributed by atoms with van der Waals surface area (Å²) in [4.78, 5) is 29.8. The third-order valence-corrected chi connectivity index (χ3v) is 5.45. The number of benzene rings is 1. The maximum absolute atomic E-state index is 12.5. The average Bonchev–Trinajstić information content (AvgIpc) is 3.28. The van der Waals surface area contributed by atoms with Crippen LogP contribution >= 0.6 is 0 Å².